The van der Waals surface area contributed by atoms with Crippen LogP contribution in [0.2, 0.25) is 0 Å². The molecule has 1 saturated heterocycles. The number of thioether (sulfide) groups is 1. The molecule has 5 heteroatoms. The van der Waals surface area contributed by atoms with Gasteiger partial charge in [0, 0.05) is 34.1 Å². The first-order chi connectivity index (χ1) is 17.1. The van der Waals surface area contributed by atoms with Gasteiger partial charge in [0.05, 0.1) is 10.6 Å². The molecular weight excluding hydrogens is 468 g/mol. The van der Waals surface area contributed by atoms with Gasteiger partial charge in [-0.2, -0.15) is 0 Å². The molecular formula is C30H22N2OS2. The molecule has 170 valence electrons. The molecule has 1 fully saturated rings. The Bertz CT molecular complexity index is 1640. The predicted molar refractivity (Wildman–Crippen MR) is 152 cm³/mol. The molecule has 0 N–H and O–H groups in total. The maximum absolute atomic E-state index is 13.7. The zero-order valence-electron chi connectivity index (χ0n) is 19.1. The second-order valence-corrected chi connectivity index (χ2v) is 10.3. The van der Waals surface area contributed by atoms with Gasteiger partial charge in [-0.1, -0.05) is 109 Å². The van der Waals surface area contributed by atoms with E-state index in [0.29, 0.717) is 9.23 Å². The zero-order valence-corrected chi connectivity index (χ0v) is 20.8. The number of carbonyl (C=O) groups is 1. The number of thiocarbonyl (C=S) groups is 1. The van der Waals surface area contributed by atoms with Crippen LogP contribution in [0.4, 0.5) is 5.69 Å². The molecule has 0 spiro atoms. The molecule has 0 atom stereocenters. The molecule has 0 saturated carbocycles. The van der Waals surface area contributed by atoms with Crippen molar-refractivity contribution in [3.8, 4) is 0 Å². The third-order valence-corrected chi connectivity index (χ3v) is 7.84. The van der Waals surface area contributed by atoms with Gasteiger partial charge in [-0.25, -0.2) is 0 Å². The molecule has 4 aromatic carbocycles. The number of hydrogen-bond acceptors (Lipinski definition) is 3. The predicted octanol–water partition coefficient (Wildman–Crippen LogP) is 7.56. The van der Waals surface area contributed by atoms with Gasteiger partial charge in [0.1, 0.15) is 0 Å². The lowest BCUT2D eigenvalue weighted by atomic mass is 10.1. The van der Waals surface area contributed by atoms with Crippen LogP contribution in [0.15, 0.2) is 102 Å². The summed E-state index contributed by atoms with van der Waals surface area (Å²) in [6, 6.07) is 32.9. The van der Waals surface area contributed by atoms with Crippen molar-refractivity contribution in [1.82, 2.24) is 4.57 Å². The monoisotopic (exact) mass is 490 g/mol. The molecule has 6 rings (SSSR count). The number of hydrogen-bond donors (Lipinski definition) is 0. The summed E-state index contributed by atoms with van der Waals surface area (Å²) in [6.45, 7) is 2.90. The summed E-state index contributed by atoms with van der Waals surface area (Å²) < 4.78 is 2.88. The van der Waals surface area contributed by atoms with E-state index in [1.54, 1.807) is 4.90 Å². The number of nitrogens with zero attached hydrogens (tertiary/aromatic N) is 2. The van der Waals surface area contributed by atoms with E-state index in [2.05, 4.69) is 66.1 Å². The summed E-state index contributed by atoms with van der Waals surface area (Å²) in [5, 5.41) is 3.24. The Balaban J connectivity index is 1.44. The number of rotatable bonds is 4. The van der Waals surface area contributed by atoms with Crippen molar-refractivity contribution in [3.63, 3.8) is 0 Å². The van der Waals surface area contributed by atoms with Crippen LogP contribution >= 0.6 is 24.0 Å². The van der Waals surface area contributed by atoms with Crippen LogP contribution in [-0.2, 0) is 11.3 Å². The molecule has 35 heavy (non-hydrogen) atoms. The Kier molecular flexibility index (Phi) is 5.51. The molecule has 1 aromatic heterocycles. The van der Waals surface area contributed by atoms with Crippen LogP contribution in [0.25, 0.3) is 27.8 Å². The molecule has 1 aliphatic rings. The van der Waals surface area contributed by atoms with E-state index in [1.165, 1.54) is 17.3 Å². The SMILES string of the molecule is Cc1c(/C=C2/SC(=S)N(c3cccc4ccccc34)C2=O)c2ccccc2n1Cc1ccccc1. The van der Waals surface area contributed by atoms with Crippen molar-refractivity contribution in [1.29, 1.82) is 0 Å². The van der Waals surface area contributed by atoms with Crippen LogP contribution in [0, 0.1) is 6.92 Å². The van der Waals surface area contributed by atoms with Crippen LogP contribution in [0.3, 0.4) is 0 Å². The minimum atomic E-state index is -0.0735. The van der Waals surface area contributed by atoms with Crippen LogP contribution in [-0.4, -0.2) is 14.8 Å². The highest BCUT2D eigenvalue weighted by atomic mass is 32.2. The topological polar surface area (TPSA) is 25.2 Å². The van der Waals surface area contributed by atoms with Gasteiger partial charge in [0.2, 0.25) is 0 Å². The first-order valence-electron chi connectivity index (χ1n) is 11.5. The third-order valence-electron chi connectivity index (χ3n) is 6.54. The van der Waals surface area contributed by atoms with E-state index in [-0.39, 0.29) is 5.91 Å². The van der Waals surface area contributed by atoms with Crippen LogP contribution in [0.5, 0.6) is 0 Å². The molecule has 1 aliphatic heterocycles. The molecule has 0 unspecified atom stereocenters. The van der Waals surface area contributed by atoms with E-state index >= 15 is 0 Å². The smallest absolute Gasteiger partial charge is 0.270 e. The van der Waals surface area contributed by atoms with Crippen molar-refractivity contribution in [2.45, 2.75) is 13.5 Å². The van der Waals surface area contributed by atoms with Gasteiger partial charge in [0.25, 0.3) is 5.91 Å². The molecule has 1 amide bonds. The number of carbonyl (C=O) groups excluding carboxylic acids is 1. The Hall–Kier alpha value is -3.67. The quantitative estimate of drug-likeness (QED) is 0.192. The largest absolute Gasteiger partial charge is 0.340 e. The van der Waals surface area contributed by atoms with Gasteiger partial charge < -0.3 is 4.57 Å². The van der Waals surface area contributed by atoms with Crippen molar-refractivity contribution < 1.29 is 4.79 Å². The Morgan fingerprint density at radius 2 is 1.51 bits per heavy atom. The summed E-state index contributed by atoms with van der Waals surface area (Å²) in [5.41, 5.74) is 5.42. The molecule has 5 aromatic rings. The Morgan fingerprint density at radius 1 is 0.829 bits per heavy atom. The molecule has 0 radical (unpaired) electrons. The number of benzene rings is 4. The highest BCUT2D eigenvalue weighted by molar-refractivity contribution is 8.27. The van der Waals surface area contributed by atoms with Gasteiger partial charge in [-0.3, -0.25) is 9.69 Å². The second-order valence-electron chi connectivity index (χ2n) is 8.60. The van der Waals surface area contributed by atoms with E-state index < -0.39 is 0 Å². The first kappa shape index (κ1) is 21.8. The third kappa shape index (κ3) is 3.77. The molecule has 2 heterocycles. The fourth-order valence-electron chi connectivity index (χ4n) is 4.82. The van der Waals surface area contributed by atoms with Crippen molar-refractivity contribution in [3.05, 3.63) is 119 Å². The summed E-state index contributed by atoms with van der Waals surface area (Å²) in [4.78, 5) is 16.0. The maximum atomic E-state index is 13.7. The number of aromatic nitrogens is 1. The van der Waals surface area contributed by atoms with Gasteiger partial charge in [0.15, 0.2) is 4.32 Å². The summed E-state index contributed by atoms with van der Waals surface area (Å²) in [6.07, 6.45) is 2.02. The van der Waals surface area contributed by atoms with Gasteiger partial charge >= 0.3 is 0 Å². The normalized spacial score (nSPS) is 15.1. The molecule has 0 aliphatic carbocycles. The first-order valence-corrected chi connectivity index (χ1v) is 12.7. The van der Waals surface area contributed by atoms with E-state index in [0.717, 1.165) is 45.2 Å². The lowest BCUT2D eigenvalue weighted by Gasteiger charge is -2.17. The van der Waals surface area contributed by atoms with Crippen molar-refractivity contribution >= 4 is 67.6 Å². The lowest BCUT2D eigenvalue weighted by Crippen LogP contribution is -2.27. The Labute approximate surface area is 213 Å². The van der Waals surface area contributed by atoms with Gasteiger partial charge in [-0.05, 0) is 36.1 Å². The molecule has 0 bridgehead atoms. The number of amides is 1. The van der Waals surface area contributed by atoms with Crippen LogP contribution < -0.4 is 4.90 Å². The molecule has 3 nitrogen and oxygen atoms in total. The van der Waals surface area contributed by atoms with Crippen molar-refractivity contribution in [2.75, 3.05) is 4.90 Å². The average molecular weight is 491 g/mol. The second kappa shape index (κ2) is 8.84. The minimum absolute atomic E-state index is 0.0735. The van der Waals surface area contributed by atoms with Crippen LogP contribution in [0.1, 0.15) is 16.8 Å². The highest BCUT2D eigenvalue weighted by Gasteiger charge is 2.34. The van der Waals surface area contributed by atoms with Crippen molar-refractivity contribution in [2.24, 2.45) is 0 Å². The standard InChI is InChI=1S/C30H22N2OS2/c1-20-25(24-15-7-8-16-26(24)31(20)19-21-10-3-2-4-11-21)18-28-29(33)32(30(34)35-28)27-17-9-13-22-12-5-6-14-23(22)27/h2-18H,19H2,1H3/b28-18+. The summed E-state index contributed by atoms with van der Waals surface area (Å²) in [7, 11) is 0. The van der Waals surface area contributed by atoms with E-state index in [4.69, 9.17) is 12.2 Å². The zero-order chi connectivity index (χ0) is 23.9. The fourth-order valence-corrected chi connectivity index (χ4v) is 6.09. The van der Waals surface area contributed by atoms with E-state index in [1.807, 2.05) is 48.5 Å². The van der Waals surface area contributed by atoms with E-state index in [9.17, 15) is 4.79 Å². The number of anilines is 1. The Morgan fingerprint density at radius 3 is 2.34 bits per heavy atom. The highest BCUT2D eigenvalue weighted by Crippen LogP contribution is 2.40. The number of fused-ring (bicyclic) bond motifs is 2. The fraction of sp³-hybridized carbons (Fsp3) is 0.0667. The average Bonchev–Trinajstić information content (AvgIpc) is 3.32. The minimum Gasteiger partial charge on any atom is -0.340 e. The lowest BCUT2D eigenvalue weighted by molar-refractivity contribution is -0.113. The number of para-hydroxylation sites is 1. The summed E-state index contributed by atoms with van der Waals surface area (Å²) in [5.74, 6) is -0.0735. The van der Waals surface area contributed by atoms with Gasteiger partial charge in [-0.15, -0.1) is 0 Å². The summed E-state index contributed by atoms with van der Waals surface area (Å²) >= 11 is 7.07. The maximum Gasteiger partial charge on any atom is 0.270 e.